The molecular weight excluding hydrogens is 220 g/mol. The van der Waals surface area contributed by atoms with Crippen LogP contribution in [0.1, 0.15) is 19.3 Å². The van der Waals surface area contributed by atoms with Crippen molar-refractivity contribution in [1.29, 1.82) is 0 Å². The largest absolute Gasteiger partial charge is 0.396 e. The summed E-state index contributed by atoms with van der Waals surface area (Å²) in [7, 11) is 0. The maximum absolute atomic E-state index is 11.9. The Balaban J connectivity index is 1.66. The molecule has 2 aliphatic heterocycles. The Morgan fingerprint density at radius 1 is 1.35 bits per heavy atom. The van der Waals surface area contributed by atoms with Gasteiger partial charge in [0.25, 0.3) is 0 Å². The Hall–Kier alpha value is -0.650. The van der Waals surface area contributed by atoms with Crippen molar-refractivity contribution in [3.8, 4) is 0 Å². The van der Waals surface area contributed by atoms with E-state index in [-0.39, 0.29) is 31.1 Å². The number of aliphatic hydroxyl groups is 1. The lowest BCUT2D eigenvalue weighted by atomic mass is 10.1. The van der Waals surface area contributed by atoms with E-state index >= 15 is 0 Å². The number of aliphatic hydroxyl groups excluding tert-OH is 1. The minimum atomic E-state index is 0.0690. The Morgan fingerprint density at radius 3 is 2.76 bits per heavy atom. The molecule has 1 unspecified atom stereocenters. The van der Waals surface area contributed by atoms with Gasteiger partial charge in [-0.1, -0.05) is 0 Å². The predicted octanol–water partition coefficient (Wildman–Crippen LogP) is -0.404. The first-order chi connectivity index (χ1) is 8.29. The maximum Gasteiger partial charge on any atom is 0.248 e. The molecule has 5 nitrogen and oxygen atoms in total. The van der Waals surface area contributed by atoms with Crippen LogP contribution in [0, 0.1) is 5.92 Å². The molecule has 0 spiro atoms. The van der Waals surface area contributed by atoms with Crippen molar-refractivity contribution in [2.45, 2.75) is 25.4 Å². The van der Waals surface area contributed by atoms with Crippen molar-refractivity contribution in [1.82, 2.24) is 10.2 Å². The fourth-order valence-corrected chi connectivity index (χ4v) is 2.45. The third kappa shape index (κ3) is 3.66. The molecular formula is C12H22N2O3. The summed E-state index contributed by atoms with van der Waals surface area (Å²) in [6, 6.07) is 0. The monoisotopic (exact) mass is 242 g/mol. The first-order valence-electron chi connectivity index (χ1n) is 6.50. The highest BCUT2D eigenvalue weighted by molar-refractivity contribution is 5.77. The lowest BCUT2D eigenvalue weighted by molar-refractivity contribution is -0.137. The fourth-order valence-electron chi connectivity index (χ4n) is 2.45. The number of hydrogen-bond donors (Lipinski definition) is 2. The molecule has 2 heterocycles. The number of piperidine rings is 1. The van der Waals surface area contributed by atoms with Crippen LogP contribution in [-0.4, -0.2) is 61.4 Å². The van der Waals surface area contributed by atoms with Gasteiger partial charge in [-0.25, -0.2) is 0 Å². The van der Waals surface area contributed by atoms with Crippen molar-refractivity contribution in [2.24, 2.45) is 5.92 Å². The van der Waals surface area contributed by atoms with Crippen molar-refractivity contribution >= 4 is 5.91 Å². The Bertz CT molecular complexity index is 254. The van der Waals surface area contributed by atoms with Gasteiger partial charge in [0.05, 0.1) is 6.10 Å². The van der Waals surface area contributed by atoms with E-state index in [1.165, 1.54) is 0 Å². The molecule has 0 bridgehead atoms. The third-order valence-corrected chi connectivity index (χ3v) is 3.63. The van der Waals surface area contributed by atoms with Gasteiger partial charge in [0, 0.05) is 25.6 Å². The predicted molar refractivity (Wildman–Crippen MR) is 63.6 cm³/mol. The van der Waals surface area contributed by atoms with Gasteiger partial charge in [-0.05, 0) is 32.4 Å². The molecule has 1 amide bonds. The number of nitrogens with zero attached hydrogens (tertiary/aromatic N) is 1. The number of ether oxygens (including phenoxy) is 1. The zero-order chi connectivity index (χ0) is 12.1. The van der Waals surface area contributed by atoms with Gasteiger partial charge < -0.3 is 20.1 Å². The summed E-state index contributed by atoms with van der Waals surface area (Å²) in [5.41, 5.74) is 0. The van der Waals surface area contributed by atoms with E-state index in [4.69, 9.17) is 9.84 Å². The molecule has 98 valence electrons. The summed E-state index contributed by atoms with van der Waals surface area (Å²) in [5, 5.41) is 12.3. The van der Waals surface area contributed by atoms with Crippen LogP contribution in [0.25, 0.3) is 0 Å². The van der Waals surface area contributed by atoms with Gasteiger partial charge in [-0.15, -0.1) is 0 Å². The van der Waals surface area contributed by atoms with Crippen molar-refractivity contribution < 1.29 is 14.6 Å². The zero-order valence-corrected chi connectivity index (χ0v) is 10.2. The average molecular weight is 242 g/mol. The third-order valence-electron chi connectivity index (χ3n) is 3.63. The van der Waals surface area contributed by atoms with Gasteiger partial charge in [0.1, 0.15) is 6.61 Å². The van der Waals surface area contributed by atoms with E-state index < -0.39 is 0 Å². The van der Waals surface area contributed by atoms with Crippen LogP contribution >= 0.6 is 0 Å². The molecule has 5 heteroatoms. The average Bonchev–Trinajstić information content (AvgIpc) is 2.86. The molecule has 2 saturated heterocycles. The standard InChI is InChI=1S/C12H22N2O3/c15-8-10-3-6-14(7-10)12(16)9-17-11-1-4-13-5-2-11/h10-11,13,15H,1-9H2. The molecule has 1 atom stereocenters. The van der Waals surface area contributed by atoms with Crippen LogP contribution < -0.4 is 5.32 Å². The molecule has 17 heavy (non-hydrogen) atoms. The number of carbonyl (C=O) groups is 1. The SMILES string of the molecule is O=C(COC1CCNCC1)N1CCC(CO)C1. The molecule has 0 aliphatic carbocycles. The first kappa shape index (κ1) is 12.8. The van der Waals surface area contributed by atoms with Crippen LogP contribution in [0.5, 0.6) is 0 Å². The Kier molecular flexibility index (Phi) is 4.76. The summed E-state index contributed by atoms with van der Waals surface area (Å²) in [5.74, 6) is 0.331. The van der Waals surface area contributed by atoms with Gasteiger partial charge in [0.2, 0.25) is 5.91 Å². The van der Waals surface area contributed by atoms with E-state index in [0.29, 0.717) is 6.54 Å². The van der Waals surface area contributed by atoms with Crippen molar-refractivity contribution in [3.05, 3.63) is 0 Å². The van der Waals surface area contributed by atoms with Crippen LogP contribution in [0.2, 0.25) is 0 Å². The van der Waals surface area contributed by atoms with Crippen LogP contribution in [-0.2, 0) is 9.53 Å². The second-order valence-electron chi connectivity index (χ2n) is 4.94. The van der Waals surface area contributed by atoms with Gasteiger partial charge in [0.15, 0.2) is 0 Å². The molecule has 2 N–H and O–H groups in total. The van der Waals surface area contributed by atoms with E-state index in [2.05, 4.69) is 5.32 Å². The normalized spacial score (nSPS) is 26.4. The van der Waals surface area contributed by atoms with E-state index in [0.717, 1.165) is 38.9 Å². The van der Waals surface area contributed by atoms with Crippen molar-refractivity contribution in [2.75, 3.05) is 39.4 Å². The number of amides is 1. The number of rotatable bonds is 4. The highest BCUT2D eigenvalue weighted by atomic mass is 16.5. The van der Waals surface area contributed by atoms with E-state index in [1.807, 2.05) is 4.90 Å². The topological polar surface area (TPSA) is 61.8 Å². The number of hydrogen-bond acceptors (Lipinski definition) is 4. The van der Waals surface area contributed by atoms with Crippen molar-refractivity contribution in [3.63, 3.8) is 0 Å². The minimum Gasteiger partial charge on any atom is -0.396 e. The molecule has 2 fully saturated rings. The molecule has 0 aromatic carbocycles. The first-order valence-corrected chi connectivity index (χ1v) is 6.50. The molecule has 0 aromatic heterocycles. The highest BCUT2D eigenvalue weighted by Crippen LogP contribution is 2.16. The molecule has 0 radical (unpaired) electrons. The number of carbonyl (C=O) groups excluding carboxylic acids is 1. The maximum atomic E-state index is 11.9. The summed E-state index contributed by atoms with van der Waals surface area (Å²) in [4.78, 5) is 13.7. The second kappa shape index (κ2) is 6.33. The van der Waals surface area contributed by atoms with Gasteiger partial charge >= 0.3 is 0 Å². The Labute approximate surface area is 102 Å². The Morgan fingerprint density at radius 2 is 2.12 bits per heavy atom. The van der Waals surface area contributed by atoms with Gasteiger partial charge in [-0.3, -0.25) is 4.79 Å². The molecule has 2 rings (SSSR count). The summed E-state index contributed by atoms with van der Waals surface area (Å²) < 4.78 is 5.63. The number of nitrogens with one attached hydrogen (secondary N) is 1. The highest BCUT2D eigenvalue weighted by Gasteiger charge is 2.26. The summed E-state index contributed by atoms with van der Waals surface area (Å²) in [6.45, 7) is 3.79. The summed E-state index contributed by atoms with van der Waals surface area (Å²) in [6.07, 6.45) is 3.13. The van der Waals surface area contributed by atoms with E-state index in [1.54, 1.807) is 0 Å². The molecule has 0 saturated carbocycles. The lowest BCUT2D eigenvalue weighted by Gasteiger charge is -2.24. The van der Waals surface area contributed by atoms with E-state index in [9.17, 15) is 4.79 Å². The van der Waals surface area contributed by atoms with Crippen LogP contribution in [0.4, 0.5) is 0 Å². The second-order valence-corrected chi connectivity index (χ2v) is 4.94. The summed E-state index contributed by atoms with van der Waals surface area (Å²) >= 11 is 0. The van der Waals surface area contributed by atoms with Gasteiger partial charge in [-0.2, -0.15) is 0 Å². The zero-order valence-electron chi connectivity index (χ0n) is 10.2. The quantitative estimate of drug-likeness (QED) is 0.704. The lowest BCUT2D eigenvalue weighted by Crippen LogP contribution is -2.37. The molecule has 2 aliphatic rings. The minimum absolute atomic E-state index is 0.0690. The number of likely N-dealkylation sites (tertiary alicyclic amines) is 1. The van der Waals surface area contributed by atoms with Crippen LogP contribution in [0.15, 0.2) is 0 Å². The van der Waals surface area contributed by atoms with Crippen LogP contribution in [0.3, 0.4) is 0 Å². The smallest absolute Gasteiger partial charge is 0.248 e. The molecule has 0 aromatic rings. The fraction of sp³-hybridized carbons (Fsp3) is 0.917.